The van der Waals surface area contributed by atoms with Crippen LogP contribution in [0.3, 0.4) is 0 Å². The summed E-state index contributed by atoms with van der Waals surface area (Å²) in [5.74, 6) is 0. The quantitative estimate of drug-likeness (QED) is 0.164. The number of fused-ring (bicyclic) bond motifs is 12. The monoisotopic (exact) mass is 752 g/mol. The van der Waals surface area contributed by atoms with E-state index in [0.29, 0.717) is 0 Å². The summed E-state index contributed by atoms with van der Waals surface area (Å²) in [6, 6.07) is 71.6. The molecule has 0 atom stereocenters. The van der Waals surface area contributed by atoms with Gasteiger partial charge in [0, 0.05) is 30.9 Å². The number of thiophene rings is 1. The van der Waals surface area contributed by atoms with Crippen LogP contribution in [0.15, 0.2) is 199 Å². The van der Waals surface area contributed by atoms with Crippen LogP contribution in [0.2, 0.25) is 0 Å². The summed E-state index contributed by atoms with van der Waals surface area (Å²) in [6.07, 6.45) is 0. The largest absolute Gasteiger partial charge is 0.456 e. The third-order valence-corrected chi connectivity index (χ3v) is 13.6. The number of para-hydroxylation sites is 1. The van der Waals surface area contributed by atoms with Crippen LogP contribution in [0.4, 0.5) is 0 Å². The minimum atomic E-state index is 0.934. The second-order valence-corrected chi connectivity index (χ2v) is 16.5. The predicted molar refractivity (Wildman–Crippen MR) is 250 cm³/mol. The van der Waals surface area contributed by atoms with Gasteiger partial charge in [0.25, 0.3) is 0 Å². The van der Waals surface area contributed by atoms with Crippen LogP contribution >= 0.6 is 11.3 Å². The fourth-order valence-corrected chi connectivity index (χ4v) is 11.2. The molecule has 0 aliphatic rings. The summed E-state index contributed by atoms with van der Waals surface area (Å²) in [5, 5.41) is 17.6. The van der Waals surface area contributed by atoms with Crippen LogP contribution in [0.1, 0.15) is 0 Å². The number of benzene rings is 11. The second-order valence-electron chi connectivity index (χ2n) is 15.5. The van der Waals surface area contributed by atoms with Gasteiger partial charge in [-0.15, -0.1) is 11.3 Å². The first kappa shape index (κ1) is 31.9. The lowest BCUT2D eigenvalue weighted by molar-refractivity contribution is 0.669. The molecule has 2 aromatic heterocycles. The van der Waals surface area contributed by atoms with Crippen LogP contribution in [0.5, 0.6) is 0 Å². The van der Waals surface area contributed by atoms with E-state index in [9.17, 15) is 0 Å². The molecule has 0 bridgehead atoms. The zero-order chi connectivity index (χ0) is 37.9. The molecule has 2 heterocycles. The summed E-state index contributed by atoms with van der Waals surface area (Å²) >= 11 is 1.86. The summed E-state index contributed by atoms with van der Waals surface area (Å²) in [7, 11) is 0. The Morgan fingerprint density at radius 3 is 1.47 bits per heavy atom. The molecular weight excluding hydrogens is 721 g/mol. The van der Waals surface area contributed by atoms with Gasteiger partial charge >= 0.3 is 0 Å². The van der Waals surface area contributed by atoms with E-state index in [4.69, 9.17) is 4.42 Å². The molecule has 0 N–H and O–H groups in total. The van der Waals surface area contributed by atoms with E-state index in [2.05, 4.69) is 188 Å². The molecule has 268 valence electrons. The first-order valence-electron chi connectivity index (χ1n) is 19.9. The highest BCUT2D eigenvalue weighted by atomic mass is 32.1. The fraction of sp³-hybridized carbons (Fsp3) is 0. The van der Waals surface area contributed by atoms with Gasteiger partial charge in [0.15, 0.2) is 0 Å². The van der Waals surface area contributed by atoms with Crippen molar-refractivity contribution in [1.29, 1.82) is 0 Å². The molecule has 13 rings (SSSR count). The lowest BCUT2D eigenvalue weighted by Crippen LogP contribution is -1.93. The van der Waals surface area contributed by atoms with E-state index in [1.165, 1.54) is 113 Å². The molecule has 0 saturated carbocycles. The smallest absolute Gasteiger partial charge is 0.136 e. The topological polar surface area (TPSA) is 13.1 Å². The van der Waals surface area contributed by atoms with Gasteiger partial charge in [-0.05, 0) is 112 Å². The van der Waals surface area contributed by atoms with Gasteiger partial charge in [0.05, 0.1) is 0 Å². The molecule has 13 aromatic rings. The molecule has 0 aliphatic heterocycles. The Hall–Kier alpha value is -7.26. The summed E-state index contributed by atoms with van der Waals surface area (Å²) in [6.45, 7) is 0. The summed E-state index contributed by atoms with van der Waals surface area (Å²) < 4.78 is 8.87. The van der Waals surface area contributed by atoms with Crippen molar-refractivity contribution in [2.24, 2.45) is 0 Å². The van der Waals surface area contributed by atoms with Gasteiger partial charge in [0.2, 0.25) is 0 Å². The number of hydrogen-bond donors (Lipinski definition) is 0. The molecule has 1 nitrogen and oxygen atoms in total. The molecule has 0 aliphatic carbocycles. The maximum atomic E-state index is 6.34. The van der Waals surface area contributed by atoms with E-state index in [0.717, 1.165) is 16.6 Å². The molecule has 0 radical (unpaired) electrons. The normalized spacial score (nSPS) is 12.1. The van der Waals surface area contributed by atoms with Gasteiger partial charge in [0.1, 0.15) is 11.2 Å². The molecule has 11 aromatic carbocycles. The van der Waals surface area contributed by atoms with Crippen LogP contribution < -0.4 is 0 Å². The fourth-order valence-electron chi connectivity index (χ4n) is 9.99. The summed E-state index contributed by atoms with van der Waals surface area (Å²) in [4.78, 5) is 0. The van der Waals surface area contributed by atoms with Gasteiger partial charge in [-0.3, -0.25) is 0 Å². The first-order valence-corrected chi connectivity index (χ1v) is 20.7. The van der Waals surface area contributed by atoms with Crippen molar-refractivity contribution in [2.45, 2.75) is 0 Å². The van der Waals surface area contributed by atoms with E-state index in [1.54, 1.807) is 0 Å². The van der Waals surface area contributed by atoms with Gasteiger partial charge in [-0.1, -0.05) is 170 Å². The molecule has 58 heavy (non-hydrogen) atoms. The predicted octanol–water partition coefficient (Wildman–Crippen LogP) is 16.7. The molecule has 0 amide bonds. The van der Waals surface area contributed by atoms with Crippen LogP contribution in [0.25, 0.3) is 129 Å². The lowest BCUT2D eigenvalue weighted by atomic mass is 9.82. The van der Waals surface area contributed by atoms with Gasteiger partial charge in [-0.2, -0.15) is 0 Å². The standard InChI is InChI=1S/C56H32OS/c1-2-16-34-33(14-1)15-13-26-40(34)54-42-22-7-9-24-44(42)55(45-25-10-8-23-43(45)54)46-29-28-38(35-17-3-4-18-36(35)46)47-31-53-56(41-21-6-5-19-37(41)47)49-30-48-39-20-11-12-27-50(39)57-51(48)32-52(49)58-53/h1-32H. The highest BCUT2D eigenvalue weighted by molar-refractivity contribution is 7.26. The van der Waals surface area contributed by atoms with Crippen molar-refractivity contribution in [3.63, 3.8) is 0 Å². The molecule has 0 spiro atoms. The number of rotatable bonds is 3. The second kappa shape index (κ2) is 12.1. The first-order chi connectivity index (χ1) is 28.8. The summed E-state index contributed by atoms with van der Waals surface area (Å²) in [5.41, 5.74) is 9.46. The van der Waals surface area contributed by atoms with E-state index < -0.39 is 0 Å². The molecule has 0 unspecified atom stereocenters. The molecule has 0 saturated heterocycles. The van der Waals surface area contributed by atoms with Crippen molar-refractivity contribution >= 4 is 107 Å². The van der Waals surface area contributed by atoms with Crippen LogP contribution in [-0.4, -0.2) is 0 Å². The Morgan fingerprint density at radius 2 is 0.776 bits per heavy atom. The average molecular weight is 753 g/mol. The maximum absolute atomic E-state index is 6.34. The number of hydrogen-bond acceptors (Lipinski definition) is 2. The van der Waals surface area contributed by atoms with E-state index in [-0.39, 0.29) is 0 Å². The Bertz CT molecular complexity index is 3800. The Morgan fingerprint density at radius 1 is 0.276 bits per heavy atom. The zero-order valence-electron chi connectivity index (χ0n) is 31.3. The van der Waals surface area contributed by atoms with E-state index in [1.807, 2.05) is 17.4 Å². The highest BCUT2D eigenvalue weighted by Gasteiger charge is 2.22. The molecule has 0 fully saturated rings. The Labute approximate surface area is 337 Å². The van der Waals surface area contributed by atoms with Crippen molar-refractivity contribution in [3.8, 4) is 33.4 Å². The third-order valence-electron chi connectivity index (χ3n) is 12.5. The Kier molecular flexibility index (Phi) is 6.66. The minimum Gasteiger partial charge on any atom is -0.456 e. The zero-order valence-corrected chi connectivity index (χ0v) is 32.1. The highest BCUT2D eigenvalue weighted by Crippen LogP contribution is 2.50. The minimum absolute atomic E-state index is 0.934. The molecule has 2 heteroatoms. The number of furan rings is 1. The Balaban J connectivity index is 1.08. The van der Waals surface area contributed by atoms with Crippen molar-refractivity contribution in [3.05, 3.63) is 194 Å². The van der Waals surface area contributed by atoms with Crippen molar-refractivity contribution < 1.29 is 4.42 Å². The lowest BCUT2D eigenvalue weighted by Gasteiger charge is -2.20. The molecular formula is C56H32OS. The average Bonchev–Trinajstić information content (AvgIpc) is 3.84. The maximum Gasteiger partial charge on any atom is 0.136 e. The third kappa shape index (κ3) is 4.46. The van der Waals surface area contributed by atoms with Crippen molar-refractivity contribution in [2.75, 3.05) is 0 Å². The van der Waals surface area contributed by atoms with Crippen molar-refractivity contribution in [1.82, 2.24) is 0 Å². The van der Waals surface area contributed by atoms with Gasteiger partial charge in [-0.25, -0.2) is 0 Å². The van der Waals surface area contributed by atoms with Crippen LogP contribution in [-0.2, 0) is 0 Å². The van der Waals surface area contributed by atoms with Crippen LogP contribution in [0, 0.1) is 0 Å². The van der Waals surface area contributed by atoms with Gasteiger partial charge < -0.3 is 4.42 Å². The SMILES string of the molecule is c1ccc2c(-c3c4ccccc4c(-c4ccc(-c5cc6sc7cc8oc9ccccc9c8cc7c6c6ccccc56)c5ccccc45)c4ccccc34)cccc2c1. The van der Waals surface area contributed by atoms with E-state index >= 15 is 0 Å².